The first-order valence-corrected chi connectivity index (χ1v) is 10.7. The molecule has 0 spiro atoms. The Morgan fingerprint density at radius 2 is 1.39 bits per heavy atom. The standard InChI is InChI=1S/C26H27N3O4/c1-18(2)23(29-26(32)33-17-19-10-5-3-6-11-19)25(31)28-22-15-9-14-21(16-22)27-24(30)20-12-7-4-8-13-20/h3-16,18,23H,17H2,1-2H3,(H,27,30)(H,28,31)(H,29,32)/t23-/m0/s1. The van der Waals surface area contributed by atoms with Crippen LogP contribution in [0.2, 0.25) is 0 Å². The highest BCUT2D eigenvalue weighted by atomic mass is 16.5. The van der Waals surface area contributed by atoms with Gasteiger partial charge in [-0.2, -0.15) is 0 Å². The smallest absolute Gasteiger partial charge is 0.408 e. The van der Waals surface area contributed by atoms with Crippen LogP contribution in [0.15, 0.2) is 84.9 Å². The molecule has 7 nitrogen and oxygen atoms in total. The first kappa shape index (κ1) is 23.5. The van der Waals surface area contributed by atoms with Crippen molar-refractivity contribution in [2.24, 2.45) is 5.92 Å². The molecule has 3 amide bonds. The van der Waals surface area contributed by atoms with Crippen LogP contribution in [0.3, 0.4) is 0 Å². The highest BCUT2D eigenvalue weighted by Crippen LogP contribution is 2.17. The van der Waals surface area contributed by atoms with Gasteiger partial charge in [0.05, 0.1) is 0 Å². The van der Waals surface area contributed by atoms with E-state index in [1.54, 1.807) is 48.5 Å². The normalized spacial score (nSPS) is 11.4. The SMILES string of the molecule is CC(C)[C@H](NC(=O)OCc1ccccc1)C(=O)Nc1cccc(NC(=O)c2ccccc2)c1. The van der Waals surface area contributed by atoms with Crippen molar-refractivity contribution in [3.05, 3.63) is 96.1 Å². The number of nitrogens with one attached hydrogen (secondary N) is 3. The molecule has 0 bridgehead atoms. The third-order valence-corrected chi connectivity index (χ3v) is 4.86. The topological polar surface area (TPSA) is 96.5 Å². The van der Waals surface area contributed by atoms with Crippen LogP contribution in [0.5, 0.6) is 0 Å². The van der Waals surface area contributed by atoms with E-state index in [1.807, 2.05) is 50.2 Å². The van der Waals surface area contributed by atoms with E-state index in [2.05, 4.69) is 16.0 Å². The van der Waals surface area contributed by atoms with Crippen molar-refractivity contribution in [2.75, 3.05) is 10.6 Å². The van der Waals surface area contributed by atoms with E-state index >= 15 is 0 Å². The Morgan fingerprint density at radius 3 is 2.03 bits per heavy atom. The van der Waals surface area contributed by atoms with Gasteiger partial charge in [0.25, 0.3) is 5.91 Å². The van der Waals surface area contributed by atoms with Gasteiger partial charge in [-0.3, -0.25) is 9.59 Å². The molecule has 1 atom stereocenters. The fourth-order valence-electron chi connectivity index (χ4n) is 3.11. The minimum Gasteiger partial charge on any atom is -0.445 e. The van der Waals surface area contributed by atoms with Crippen molar-refractivity contribution < 1.29 is 19.1 Å². The lowest BCUT2D eigenvalue weighted by Gasteiger charge is -2.21. The summed E-state index contributed by atoms with van der Waals surface area (Å²) in [7, 11) is 0. The molecule has 0 aromatic heterocycles. The number of carbonyl (C=O) groups is 3. The number of benzene rings is 3. The molecule has 3 aromatic carbocycles. The molecule has 0 radical (unpaired) electrons. The van der Waals surface area contributed by atoms with Crippen molar-refractivity contribution in [2.45, 2.75) is 26.5 Å². The molecule has 3 N–H and O–H groups in total. The number of hydrogen-bond acceptors (Lipinski definition) is 4. The molecule has 0 unspecified atom stereocenters. The summed E-state index contributed by atoms with van der Waals surface area (Å²) in [4.78, 5) is 37.5. The van der Waals surface area contributed by atoms with Gasteiger partial charge < -0.3 is 20.7 Å². The molecular weight excluding hydrogens is 418 g/mol. The molecule has 3 aromatic rings. The maximum atomic E-state index is 12.9. The average Bonchev–Trinajstić information content (AvgIpc) is 2.82. The number of rotatable bonds is 8. The molecule has 33 heavy (non-hydrogen) atoms. The van der Waals surface area contributed by atoms with Gasteiger partial charge >= 0.3 is 6.09 Å². The Labute approximate surface area is 193 Å². The number of amides is 3. The van der Waals surface area contributed by atoms with E-state index in [4.69, 9.17) is 4.74 Å². The number of hydrogen-bond donors (Lipinski definition) is 3. The number of carbonyl (C=O) groups excluding carboxylic acids is 3. The van der Waals surface area contributed by atoms with Crippen molar-refractivity contribution in [1.29, 1.82) is 0 Å². The number of alkyl carbamates (subject to hydrolysis) is 1. The van der Waals surface area contributed by atoms with E-state index in [0.29, 0.717) is 16.9 Å². The second-order valence-corrected chi connectivity index (χ2v) is 7.82. The van der Waals surface area contributed by atoms with Crippen LogP contribution in [0.25, 0.3) is 0 Å². The molecule has 3 rings (SSSR count). The van der Waals surface area contributed by atoms with Gasteiger partial charge in [-0.15, -0.1) is 0 Å². The summed E-state index contributed by atoms with van der Waals surface area (Å²) in [5.41, 5.74) is 2.42. The average molecular weight is 446 g/mol. The Morgan fingerprint density at radius 1 is 0.788 bits per heavy atom. The van der Waals surface area contributed by atoms with Crippen LogP contribution in [0.4, 0.5) is 16.2 Å². The van der Waals surface area contributed by atoms with E-state index in [0.717, 1.165) is 5.56 Å². The van der Waals surface area contributed by atoms with E-state index in [-0.39, 0.29) is 24.3 Å². The predicted molar refractivity (Wildman–Crippen MR) is 128 cm³/mol. The lowest BCUT2D eigenvalue weighted by molar-refractivity contribution is -0.119. The highest BCUT2D eigenvalue weighted by molar-refractivity contribution is 6.04. The molecule has 0 aliphatic heterocycles. The van der Waals surface area contributed by atoms with Crippen molar-refractivity contribution >= 4 is 29.3 Å². The maximum absolute atomic E-state index is 12.9. The van der Waals surface area contributed by atoms with Crippen molar-refractivity contribution in [3.63, 3.8) is 0 Å². The molecule has 0 saturated carbocycles. The van der Waals surface area contributed by atoms with Gasteiger partial charge in [-0.1, -0.05) is 68.4 Å². The lowest BCUT2D eigenvalue weighted by Crippen LogP contribution is -2.47. The van der Waals surface area contributed by atoms with E-state index in [1.165, 1.54) is 0 Å². The minimum absolute atomic E-state index is 0.113. The van der Waals surface area contributed by atoms with Crippen LogP contribution >= 0.6 is 0 Å². The summed E-state index contributed by atoms with van der Waals surface area (Å²) < 4.78 is 5.24. The second kappa shape index (κ2) is 11.5. The maximum Gasteiger partial charge on any atom is 0.408 e. The molecular formula is C26H27N3O4. The van der Waals surface area contributed by atoms with Crippen molar-refractivity contribution in [1.82, 2.24) is 5.32 Å². The predicted octanol–water partition coefficient (Wildman–Crippen LogP) is 4.83. The largest absolute Gasteiger partial charge is 0.445 e. The molecule has 0 heterocycles. The van der Waals surface area contributed by atoms with Gasteiger partial charge in [0, 0.05) is 16.9 Å². The van der Waals surface area contributed by atoms with Crippen LogP contribution in [0, 0.1) is 5.92 Å². The summed E-state index contributed by atoms with van der Waals surface area (Å²) in [6, 6.07) is 24.2. The summed E-state index contributed by atoms with van der Waals surface area (Å²) in [5, 5.41) is 8.24. The summed E-state index contributed by atoms with van der Waals surface area (Å²) in [6.45, 7) is 3.78. The summed E-state index contributed by atoms with van der Waals surface area (Å²) in [6.07, 6.45) is -0.670. The van der Waals surface area contributed by atoms with E-state index in [9.17, 15) is 14.4 Å². The summed E-state index contributed by atoms with van der Waals surface area (Å²) in [5.74, 6) is -0.801. The molecule has 0 saturated heterocycles. The Bertz CT molecular complexity index is 1080. The van der Waals surface area contributed by atoms with Gasteiger partial charge in [0.2, 0.25) is 5.91 Å². The van der Waals surface area contributed by atoms with Crippen LogP contribution in [-0.2, 0) is 16.1 Å². The van der Waals surface area contributed by atoms with Crippen LogP contribution < -0.4 is 16.0 Å². The van der Waals surface area contributed by atoms with Gasteiger partial charge in [-0.05, 0) is 41.8 Å². The zero-order valence-corrected chi connectivity index (χ0v) is 18.6. The van der Waals surface area contributed by atoms with Crippen LogP contribution in [0.1, 0.15) is 29.8 Å². The second-order valence-electron chi connectivity index (χ2n) is 7.82. The Hall–Kier alpha value is -4.13. The first-order valence-electron chi connectivity index (χ1n) is 10.7. The zero-order chi connectivity index (χ0) is 23.6. The number of ether oxygens (including phenoxy) is 1. The fourth-order valence-corrected chi connectivity index (χ4v) is 3.11. The van der Waals surface area contributed by atoms with Gasteiger partial charge in [0.15, 0.2) is 0 Å². The Kier molecular flexibility index (Phi) is 8.18. The zero-order valence-electron chi connectivity index (χ0n) is 18.6. The molecule has 7 heteroatoms. The van der Waals surface area contributed by atoms with Crippen LogP contribution in [-0.4, -0.2) is 23.9 Å². The fraction of sp³-hybridized carbons (Fsp3) is 0.192. The number of anilines is 2. The lowest BCUT2D eigenvalue weighted by atomic mass is 10.0. The molecule has 170 valence electrons. The molecule has 0 fully saturated rings. The van der Waals surface area contributed by atoms with E-state index < -0.39 is 12.1 Å². The molecule has 0 aliphatic carbocycles. The third-order valence-electron chi connectivity index (χ3n) is 4.86. The van der Waals surface area contributed by atoms with Gasteiger partial charge in [0.1, 0.15) is 12.6 Å². The summed E-state index contributed by atoms with van der Waals surface area (Å²) >= 11 is 0. The van der Waals surface area contributed by atoms with Gasteiger partial charge in [-0.25, -0.2) is 4.79 Å². The van der Waals surface area contributed by atoms with Crippen molar-refractivity contribution in [3.8, 4) is 0 Å². The minimum atomic E-state index is -0.796. The quantitative estimate of drug-likeness (QED) is 0.463. The highest BCUT2D eigenvalue weighted by Gasteiger charge is 2.25. The molecule has 0 aliphatic rings. The monoisotopic (exact) mass is 445 g/mol. The Balaban J connectivity index is 1.58. The first-order chi connectivity index (χ1) is 15.9. The third kappa shape index (κ3) is 7.21.